The first-order valence-electron chi connectivity index (χ1n) is 5.74. The lowest BCUT2D eigenvalue weighted by Gasteiger charge is -1.97. The lowest BCUT2D eigenvalue weighted by Crippen LogP contribution is -1.91. The van der Waals surface area contributed by atoms with Crippen molar-refractivity contribution in [1.29, 1.82) is 0 Å². The molecule has 90 valence electrons. The molecule has 0 bridgehead atoms. The number of hydrogen-bond acceptors (Lipinski definition) is 4. The van der Waals surface area contributed by atoms with E-state index >= 15 is 0 Å². The van der Waals surface area contributed by atoms with Crippen LogP contribution in [-0.4, -0.2) is 21.7 Å². The molecule has 2 rings (SSSR count). The maximum Gasteiger partial charge on any atom is 0.0934 e. The third-order valence-electron chi connectivity index (χ3n) is 2.63. The second-order valence-electron chi connectivity index (χ2n) is 3.95. The van der Waals surface area contributed by atoms with E-state index in [1.165, 1.54) is 10.4 Å². The van der Waals surface area contributed by atoms with Crippen molar-refractivity contribution in [2.75, 3.05) is 6.61 Å². The lowest BCUT2D eigenvalue weighted by atomic mass is 10.2. The van der Waals surface area contributed by atoms with Gasteiger partial charge in [-0.3, -0.25) is 4.98 Å². The highest BCUT2D eigenvalue weighted by molar-refractivity contribution is 7.11. The smallest absolute Gasteiger partial charge is 0.0934 e. The Bertz CT molecular complexity index is 468. The average molecular weight is 248 g/mol. The molecule has 3 nitrogen and oxygen atoms in total. The molecule has 2 aromatic rings. The zero-order valence-electron chi connectivity index (χ0n) is 9.89. The molecule has 0 amide bonds. The molecule has 0 fully saturated rings. The van der Waals surface area contributed by atoms with Gasteiger partial charge in [0.15, 0.2) is 0 Å². The van der Waals surface area contributed by atoms with Gasteiger partial charge in [0, 0.05) is 36.7 Å². The highest BCUT2D eigenvalue weighted by atomic mass is 32.1. The molecule has 0 saturated heterocycles. The quantitative estimate of drug-likeness (QED) is 0.882. The molecule has 0 unspecified atom stereocenters. The molecule has 0 aliphatic carbocycles. The number of aromatic nitrogens is 2. The zero-order chi connectivity index (χ0) is 12.1. The van der Waals surface area contributed by atoms with E-state index in [4.69, 9.17) is 5.11 Å². The summed E-state index contributed by atoms with van der Waals surface area (Å²) in [5.74, 6) is 0. The summed E-state index contributed by atoms with van der Waals surface area (Å²) in [6, 6.07) is 4.04. The van der Waals surface area contributed by atoms with Gasteiger partial charge >= 0.3 is 0 Å². The summed E-state index contributed by atoms with van der Waals surface area (Å²) in [5, 5.41) is 10.1. The van der Waals surface area contributed by atoms with Gasteiger partial charge in [-0.1, -0.05) is 6.07 Å². The Kier molecular flexibility index (Phi) is 4.23. The van der Waals surface area contributed by atoms with Gasteiger partial charge < -0.3 is 5.11 Å². The van der Waals surface area contributed by atoms with E-state index in [0.29, 0.717) is 0 Å². The second-order valence-corrected chi connectivity index (χ2v) is 5.12. The van der Waals surface area contributed by atoms with Crippen molar-refractivity contribution in [3.05, 3.63) is 45.7 Å². The summed E-state index contributed by atoms with van der Waals surface area (Å²) < 4.78 is 0. The first-order valence-corrected chi connectivity index (χ1v) is 6.56. The van der Waals surface area contributed by atoms with E-state index in [1.807, 2.05) is 19.2 Å². The third kappa shape index (κ3) is 3.35. The van der Waals surface area contributed by atoms with Gasteiger partial charge in [-0.25, -0.2) is 4.98 Å². The number of nitrogens with zero attached hydrogens (tertiary/aromatic N) is 2. The third-order valence-corrected chi connectivity index (χ3v) is 3.90. The van der Waals surface area contributed by atoms with E-state index < -0.39 is 0 Å². The number of rotatable bonds is 5. The highest BCUT2D eigenvalue weighted by Crippen LogP contribution is 2.19. The van der Waals surface area contributed by atoms with Crippen molar-refractivity contribution >= 4 is 11.3 Å². The Morgan fingerprint density at radius 3 is 2.88 bits per heavy atom. The van der Waals surface area contributed by atoms with Crippen LogP contribution in [0.25, 0.3) is 0 Å². The van der Waals surface area contributed by atoms with Crippen molar-refractivity contribution in [3.8, 4) is 0 Å². The summed E-state index contributed by atoms with van der Waals surface area (Å²) >= 11 is 1.71. The zero-order valence-corrected chi connectivity index (χ0v) is 10.7. The van der Waals surface area contributed by atoms with Gasteiger partial charge in [0.1, 0.15) is 0 Å². The molecule has 17 heavy (non-hydrogen) atoms. The standard InChI is InChI=1S/C13H16N2OS/c1-10-12(6-8-16)17-13(15-10)5-4-11-3-2-7-14-9-11/h2-3,7,9,16H,4-6,8H2,1H3. The van der Waals surface area contributed by atoms with Crippen molar-refractivity contribution in [3.63, 3.8) is 0 Å². The van der Waals surface area contributed by atoms with Crippen LogP contribution in [0.3, 0.4) is 0 Å². The molecule has 0 spiro atoms. The van der Waals surface area contributed by atoms with Crippen LogP contribution in [0.4, 0.5) is 0 Å². The van der Waals surface area contributed by atoms with Gasteiger partial charge in [-0.15, -0.1) is 11.3 Å². The van der Waals surface area contributed by atoms with E-state index in [2.05, 4.69) is 16.0 Å². The van der Waals surface area contributed by atoms with Crippen LogP contribution >= 0.6 is 11.3 Å². The van der Waals surface area contributed by atoms with Crippen molar-refractivity contribution in [1.82, 2.24) is 9.97 Å². The minimum absolute atomic E-state index is 0.199. The molecule has 0 saturated carbocycles. The van der Waals surface area contributed by atoms with Gasteiger partial charge in [0.2, 0.25) is 0 Å². The van der Waals surface area contributed by atoms with Crippen molar-refractivity contribution in [2.24, 2.45) is 0 Å². The van der Waals surface area contributed by atoms with Crippen LogP contribution in [-0.2, 0) is 19.3 Å². The van der Waals surface area contributed by atoms with E-state index in [0.717, 1.165) is 30.0 Å². The number of hydrogen-bond donors (Lipinski definition) is 1. The summed E-state index contributed by atoms with van der Waals surface area (Å²) in [6.07, 6.45) is 6.32. The Balaban J connectivity index is 1.97. The van der Waals surface area contributed by atoms with E-state index in [1.54, 1.807) is 17.5 Å². The molecule has 1 N–H and O–H groups in total. The first-order chi connectivity index (χ1) is 8.29. The molecule has 0 aliphatic rings. The maximum atomic E-state index is 8.93. The normalized spacial score (nSPS) is 10.7. The second kappa shape index (κ2) is 5.89. The van der Waals surface area contributed by atoms with Crippen molar-refractivity contribution < 1.29 is 5.11 Å². The minimum Gasteiger partial charge on any atom is -0.396 e. The van der Waals surface area contributed by atoms with Gasteiger partial charge in [-0.05, 0) is 25.0 Å². The van der Waals surface area contributed by atoms with Crippen LogP contribution < -0.4 is 0 Å². The molecule has 2 aromatic heterocycles. The molecule has 0 radical (unpaired) electrons. The van der Waals surface area contributed by atoms with Crippen LogP contribution in [0.1, 0.15) is 21.1 Å². The predicted octanol–water partition coefficient (Wildman–Crippen LogP) is 2.17. The van der Waals surface area contributed by atoms with Crippen LogP contribution in [0.2, 0.25) is 0 Å². The van der Waals surface area contributed by atoms with E-state index in [9.17, 15) is 0 Å². The lowest BCUT2D eigenvalue weighted by molar-refractivity contribution is 0.300. The highest BCUT2D eigenvalue weighted by Gasteiger charge is 2.07. The molecule has 0 atom stereocenters. The first kappa shape index (κ1) is 12.2. The SMILES string of the molecule is Cc1nc(CCc2cccnc2)sc1CCO. The average Bonchev–Trinajstić information content (AvgIpc) is 2.70. The fourth-order valence-corrected chi connectivity index (χ4v) is 2.78. The summed E-state index contributed by atoms with van der Waals surface area (Å²) in [4.78, 5) is 9.83. The maximum absolute atomic E-state index is 8.93. The Labute approximate surface area is 105 Å². The monoisotopic (exact) mass is 248 g/mol. The van der Waals surface area contributed by atoms with Crippen LogP contribution in [0.15, 0.2) is 24.5 Å². The predicted molar refractivity (Wildman–Crippen MR) is 69.3 cm³/mol. The fourth-order valence-electron chi connectivity index (χ4n) is 1.73. The molecular weight excluding hydrogens is 232 g/mol. The number of thiazole rings is 1. The van der Waals surface area contributed by atoms with Gasteiger partial charge in [0.25, 0.3) is 0 Å². The summed E-state index contributed by atoms with van der Waals surface area (Å²) in [5.41, 5.74) is 2.30. The summed E-state index contributed by atoms with van der Waals surface area (Å²) in [6.45, 7) is 2.21. The van der Waals surface area contributed by atoms with Crippen LogP contribution in [0.5, 0.6) is 0 Å². The van der Waals surface area contributed by atoms with E-state index in [-0.39, 0.29) is 6.61 Å². The van der Waals surface area contributed by atoms with Gasteiger partial charge in [-0.2, -0.15) is 0 Å². The fraction of sp³-hybridized carbons (Fsp3) is 0.385. The topological polar surface area (TPSA) is 46.0 Å². The minimum atomic E-state index is 0.199. The number of aliphatic hydroxyl groups is 1. The van der Waals surface area contributed by atoms with Gasteiger partial charge in [0.05, 0.1) is 10.7 Å². The molecule has 0 aliphatic heterocycles. The molecule has 0 aromatic carbocycles. The Hall–Kier alpha value is -1.26. The Morgan fingerprint density at radius 1 is 1.29 bits per heavy atom. The molecule has 4 heteroatoms. The number of aryl methyl sites for hydroxylation is 3. The van der Waals surface area contributed by atoms with Crippen LogP contribution in [0, 0.1) is 6.92 Å². The molecular formula is C13H16N2OS. The number of aliphatic hydroxyl groups excluding tert-OH is 1. The Morgan fingerprint density at radius 2 is 2.18 bits per heavy atom. The largest absolute Gasteiger partial charge is 0.396 e. The summed E-state index contributed by atoms with van der Waals surface area (Å²) in [7, 11) is 0. The molecule has 2 heterocycles. The number of pyridine rings is 1. The van der Waals surface area contributed by atoms with Crippen molar-refractivity contribution in [2.45, 2.75) is 26.2 Å².